The second-order valence-corrected chi connectivity index (χ2v) is 7.78. The van der Waals surface area contributed by atoms with Crippen LogP contribution in [-0.4, -0.2) is 21.5 Å². The summed E-state index contributed by atoms with van der Waals surface area (Å²) in [5, 5.41) is 0.535. The van der Waals surface area contributed by atoms with Crippen LogP contribution in [0.25, 0.3) is 16.8 Å². The number of imidazole rings is 1. The highest BCUT2D eigenvalue weighted by atomic mass is 35.5. The minimum Gasteiger partial charge on any atom is -0.493 e. The molecule has 0 aliphatic heterocycles. The Morgan fingerprint density at radius 2 is 1.93 bits per heavy atom. The normalized spacial score (nSPS) is 13.9. The highest BCUT2D eigenvalue weighted by molar-refractivity contribution is 6.32. The van der Waals surface area contributed by atoms with E-state index in [9.17, 15) is 0 Å². The van der Waals surface area contributed by atoms with Crippen LogP contribution >= 0.6 is 11.6 Å². The zero-order chi connectivity index (χ0) is 20.7. The number of hydrogen-bond donors (Lipinski definition) is 1. The van der Waals surface area contributed by atoms with E-state index in [4.69, 9.17) is 31.8 Å². The Kier molecular flexibility index (Phi) is 4.71. The average molecular weight is 421 g/mol. The monoisotopic (exact) mass is 420 g/mol. The molecule has 0 bridgehead atoms. The second kappa shape index (κ2) is 7.54. The molecule has 2 aromatic heterocycles. The molecule has 2 N–H and O–H groups in total. The Balaban J connectivity index is 1.59. The first-order chi connectivity index (χ1) is 14.7. The molecule has 0 unspecified atom stereocenters. The number of para-hydroxylation sites is 1. The molecule has 2 aromatic carbocycles. The van der Waals surface area contributed by atoms with Crippen LogP contribution in [0.5, 0.6) is 17.2 Å². The first kappa shape index (κ1) is 18.8. The Morgan fingerprint density at radius 3 is 2.67 bits per heavy atom. The van der Waals surface area contributed by atoms with Gasteiger partial charge >= 0.3 is 0 Å². The number of methoxy groups -OCH3 is 1. The third kappa shape index (κ3) is 3.13. The maximum atomic E-state index is 6.24. The molecule has 0 radical (unpaired) electrons. The van der Waals surface area contributed by atoms with Gasteiger partial charge in [-0.25, -0.2) is 9.97 Å². The van der Waals surface area contributed by atoms with Gasteiger partial charge in [0.2, 0.25) is 0 Å². The maximum absolute atomic E-state index is 6.24. The summed E-state index contributed by atoms with van der Waals surface area (Å²) in [5.41, 5.74) is 8.75. The number of nitrogens with zero attached hydrogens (tertiary/aromatic N) is 3. The topological polar surface area (TPSA) is 74.7 Å². The lowest BCUT2D eigenvalue weighted by atomic mass is 9.85. The maximum Gasteiger partial charge on any atom is 0.169 e. The summed E-state index contributed by atoms with van der Waals surface area (Å²) in [4.78, 5) is 9.25. The minimum atomic E-state index is 0.456. The number of anilines is 1. The van der Waals surface area contributed by atoms with Crippen LogP contribution in [-0.2, 0) is 0 Å². The lowest BCUT2D eigenvalue weighted by Crippen LogP contribution is -2.12. The van der Waals surface area contributed by atoms with E-state index in [2.05, 4.69) is 9.38 Å². The van der Waals surface area contributed by atoms with Gasteiger partial charge in [0, 0.05) is 23.9 Å². The molecule has 0 atom stereocenters. The van der Waals surface area contributed by atoms with Crippen molar-refractivity contribution in [1.29, 1.82) is 0 Å². The molecule has 4 aromatic rings. The summed E-state index contributed by atoms with van der Waals surface area (Å²) < 4.78 is 13.7. The molecule has 1 aliphatic rings. The number of fused-ring (bicyclic) bond motifs is 1. The molecule has 0 amide bonds. The number of aromatic nitrogens is 3. The van der Waals surface area contributed by atoms with Crippen molar-refractivity contribution in [1.82, 2.24) is 14.4 Å². The number of hydrogen-bond acceptors (Lipinski definition) is 5. The second-order valence-electron chi connectivity index (χ2n) is 7.38. The summed E-state index contributed by atoms with van der Waals surface area (Å²) in [6.07, 6.45) is 7.18. The third-order valence-electron chi connectivity index (χ3n) is 5.57. The molecule has 0 saturated heterocycles. The molecule has 6 nitrogen and oxygen atoms in total. The van der Waals surface area contributed by atoms with Crippen LogP contribution < -0.4 is 15.2 Å². The number of benzene rings is 2. The SMILES string of the molecule is COc1cc(-c2nc(C3CCC3)n3ccnc(N)c23)ccc1Oc1ccccc1Cl. The van der Waals surface area contributed by atoms with Crippen molar-refractivity contribution in [2.24, 2.45) is 0 Å². The fourth-order valence-electron chi connectivity index (χ4n) is 3.79. The zero-order valence-corrected chi connectivity index (χ0v) is 17.3. The number of ether oxygens (including phenoxy) is 2. The molecular weight excluding hydrogens is 400 g/mol. The molecule has 30 heavy (non-hydrogen) atoms. The van der Waals surface area contributed by atoms with E-state index >= 15 is 0 Å². The largest absolute Gasteiger partial charge is 0.493 e. The van der Waals surface area contributed by atoms with Crippen LogP contribution in [0.4, 0.5) is 5.82 Å². The minimum absolute atomic E-state index is 0.456. The van der Waals surface area contributed by atoms with Gasteiger partial charge in [0.05, 0.1) is 12.1 Å². The number of rotatable bonds is 5. The zero-order valence-electron chi connectivity index (χ0n) is 16.5. The van der Waals surface area contributed by atoms with Crippen LogP contribution in [0, 0.1) is 0 Å². The quantitative estimate of drug-likeness (QED) is 0.448. The van der Waals surface area contributed by atoms with E-state index < -0.39 is 0 Å². The Bertz CT molecular complexity index is 1230. The summed E-state index contributed by atoms with van der Waals surface area (Å²) in [6.45, 7) is 0. The van der Waals surface area contributed by atoms with Gasteiger partial charge < -0.3 is 15.2 Å². The fraction of sp³-hybridized carbons (Fsp3) is 0.217. The van der Waals surface area contributed by atoms with Crippen LogP contribution in [0.1, 0.15) is 31.0 Å². The standard InChI is InChI=1S/C23H21ClN4O2/c1-29-19-13-15(9-10-18(19)30-17-8-3-2-7-16(17)24)20-21-22(25)26-11-12-28(21)23(27-20)14-5-4-6-14/h2-3,7-14H,4-6H2,1H3,(H2,25,26). The fourth-order valence-corrected chi connectivity index (χ4v) is 3.96. The van der Waals surface area contributed by atoms with Gasteiger partial charge in [-0.15, -0.1) is 0 Å². The predicted octanol–water partition coefficient (Wildman–Crippen LogP) is 5.70. The number of nitrogens with two attached hydrogens (primary N) is 1. The molecule has 5 rings (SSSR count). The van der Waals surface area contributed by atoms with Gasteiger partial charge in [0.15, 0.2) is 11.5 Å². The molecule has 0 spiro atoms. The Labute approximate surface area is 179 Å². The molecule has 152 valence electrons. The summed E-state index contributed by atoms with van der Waals surface area (Å²) in [5.74, 6) is 3.68. The smallest absolute Gasteiger partial charge is 0.169 e. The van der Waals surface area contributed by atoms with Crippen molar-refractivity contribution in [3.63, 3.8) is 0 Å². The molecule has 1 saturated carbocycles. The van der Waals surface area contributed by atoms with Crippen molar-refractivity contribution in [2.45, 2.75) is 25.2 Å². The van der Waals surface area contributed by atoms with Gasteiger partial charge in [-0.2, -0.15) is 0 Å². The van der Waals surface area contributed by atoms with E-state index in [-0.39, 0.29) is 0 Å². The number of nitrogen functional groups attached to an aromatic ring is 1. The van der Waals surface area contributed by atoms with Crippen molar-refractivity contribution < 1.29 is 9.47 Å². The molecule has 2 heterocycles. The summed E-state index contributed by atoms with van der Waals surface area (Å²) in [7, 11) is 1.61. The van der Waals surface area contributed by atoms with Crippen molar-refractivity contribution in [3.8, 4) is 28.5 Å². The Hall–Kier alpha value is -3.25. The number of halogens is 1. The van der Waals surface area contributed by atoms with Crippen molar-refractivity contribution in [2.75, 3.05) is 12.8 Å². The van der Waals surface area contributed by atoms with E-state index in [1.807, 2.05) is 42.6 Å². The molecule has 7 heteroatoms. The van der Waals surface area contributed by atoms with E-state index in [1.165, 1.54) is 6.42 Å². The van der Waals surface area contributed by atoms with E-state index in [0.717, 1.165) is 35.4 Å². The Morgan fingerprint density at radius 1 is 1.10 bits per heavy atom. The molecule has 1 aliphatic carbocycles. The van der Waals surface area contributed by atoms with Crippen LogP contribution in [0.15, 0.2) is 54.9 Å². The lowest BCUT2D eigenvalue weighted by molar-refractivity contribution is 0.379. The van der Waals surface area contributed by atoms with Crippen LogP contribution in [0.3, 0.4) is 0 Å². The van der Waals surface area contributed by atoms with Crippen molar-refractivity contribution >= 4 is 22.9 Å². The summed E-state index contributed by atoms with van der Waals surface area (Å²) in [6, 6.07) is 13.1. The predicted molar refractivity (Wildman–Crippen MR) is 118 cm³/mol. The highest BCUT2D eigenvalue weighted by Crippen LogP contribution is 2.41. The first-order valence-electron chi connectivity index (χ1n) is 9.89. The van der Waals surface area contributed by atoms with Crippen LogP contribution in [0.2, 0.25) is 5.02 Å². The van der Waals surface area contributed by atoms with Gasteiger partial charge in [-0.05, 0) is 43.2 Å². The van der Waals surface area contributed by atoms with Gasteiger partial charge in [0.25, 0.3) is 0 Å². The van der Waals surface area contributed by atoms with E-state index in [0.29, 0.717) is 34.0 Å². The average Bonchev–Trinajstić information content (AvgIpc) is 3.09. The van der Waals surface area contributed by atoms with E-state index in [1.54, 1.807) is 19.4 Å². The van der Waals surface area contributed by atoms with Gasteiger partial charge in [-0.3, -0.25) is 4.40 Å². The molecular formula is C23H21ClN4O2. The van der Waals surface area contributed by atoms with Gasteiger partial charge in [-0.1, -0.05) is 30.2 Å². The third-order valence-corrected chi connectivity index (χ3v) is 5.89. The highest BCUT2D eigenvalue weighted by Gasteiger charge is 2.27. The molecule has 1 fully saturated rings. The van der Waals surface area contributed by atoms with Crippen molar-refractivity contribution in [3.05, 3.63) is 65.7 Å². The first-order valence-corrected chi connectivity index (χ1v) is 10.3. The summed E-state index contributed by atoms with van der Waals surface area (Å²) >= 11 is 6.23. The lowest BCUT2D eigenvalue weighted by Gasteiger charge is -2.23. The van der Waals surface area contributed by atoms with Gasteiger partial charge in [0.1, 0.15) is 28.6 Å².